The van der Waals surface area contributed by atoms with E-state index >= 15 is 0 Å². The van der Waals surface area contributed by atoms with Crippen molar-refractivity contribution < 1.29 is 43.3 Å². The number of phenols is 1. The van der Waals surface area contributed by atoms with Crippen molar-refractivity contribution in [3.05, 3.63) is 101 Å². The van der Waals surface area contributed by atoms with Crippen LogP contribution in [0, 0.1) is 0 Å². The molecule has 3 aromatic rings. The van der Waals surface area contributed by atoms with Crippen molar-refractivity contribution in [3.8, 4) is 5.75 Å². The highest BCUT2D eigenvalue weighted by Gasteiger charge is 2.29. The quantitative estimate of drug-likeness (QED) is 0.0959. The average molecular weight is 820 g/mol. The smallest absolute Gasteiger partial charge is 0.408 e. The standard InChI is InChI=1S/C43H57N5O9S/c1-42(2,3)31-17-13-28(14-18-31)24-35(39(53)47-33(21-22-58-7)40(54)56-27-30-11-9-8-10-12-30)46-37(51)26-44-36(50)25-45-38(52)34(48-41(55)57-43(4,5)6)23-29-15-19-32(49)20-16-29/h8-20,33-35,49H,21-27H2,1-7H3,(H,44,50)(H,45,52)(H,46,51)(H,47,53)(H,48,55)/t33-,34-,35-/m0/s1. The molecule has 15 heteroatoms. The number of thioether (sulfide) groups is 1. The maximum Gasteiger partial charge on any atom is 0.408 e. The largest absolute Gasteiger partial charge is 0.508 e. The summed E-state index contributed by atoms with van der Waals surface area (Å²) in [5, 5.41) is 22.5. The molecule has 0 saturated carbocycles. The van der Waals surface area contributed by atoms with Gasteiger partial charge in [0, 0.05) is 12.8 Å². The summed E-state index contributed by atoms with van der Waals surface area (Å²) < 4.78 is 10.8. The van der Waals surface area contributed by atoms with Gasteiger partial charge in [-0.15, -0.1) is 0 Å². The molecule has 0 aromatic heterocycles. The van der Waals surface area contributed by atoms with Gasteiger partial charge in [0.05, 0.1) is 13.1 Å². The third kappa shape index (κ3) is 17.3. The fourth-order valence-electron chi connectivity index (χ4n) is 5.48. The van der Waals surface area contributed by atoms with Crippen LogP contribution >= 0.6 is 11.8 Å². The van der Waals surface area contributed by atoms with Gasteiger partial charge in [0.15, 0.2) is 0 Å². The maximum absolute atomic E-state index is 13.8. The van der Waals surface area contributed by atoms with Gasteiger partial charge in [0.1, 0.15) is 36.1 Å². The van der Waals surface area contributed by atoms with Crippen LogP contribution in [0.4, 0.5) is 4.79 Å². The van der Waals surface area contributed by atoms with E-state index in [1.807, 2.05) is 60.9 Å². The Hall–Kier alpha value is -5.57. The zero-order valence-electron chi connectivity index (χ0n) is 34.3. The Labute approximate surface area is 345 Å². The highest BCUT2D eigenvalue weighted by molar-refractivity contribution is 7.98. The van der Waals surface area contributed by atoms with Crippen LogP contribution in [0.1, 0.15) is 70.2 Å². The van der Waals surface area contributed by atoms with Gasteiger partial charge in [-0.1, -0.05) is 87.5 Å². The first-order chi connectivity index (χ1) is 27.3. The monoisotopic (exact) mass is 819 g/mol. The molecular formula is C43H57N5O9S. The number of amides is 5. The van der Waals surface area contributed by atoms with E-state index in [4.69, 9.17) is 9.47 Å². The minimum absolute atomic E-state index is 0.0284. The SMILES string of the molecule is CSCC[C@H](NC(=O)[C@H](Cc1ccc(C(C)(C)C)cc1)NC(=O)CNC(=O)CNC(=O)[C@H](Cc1ccc(O)cc1)NC(=O)OC(C)(C)C)C(=O)OCc1ccccc1. The molecule has 0 aliphatic carbocycles. The summed E-state index contributed by atoms with van der Waals surface area (Å²) in [4.78, 5) is 78.7. The van der Waals surface area contributed by atoms with Gasteiger partial charge in [0.2, 0.25) is 23.6 Å². The van der Waals surface area contributed by atoms with E-state index in [9.17, 15) is 33.9 Å². The topological polar surface area (TPSA) is 201 Å². The number of ether oxygens (including phenoxy) is 2. The summed E-state index contributed by atoms with van der Waals surface area (Å²) in [6.07, 6.45) is 1.46. The van der Waals surface area contributed by atoms with Gasteiger partial charge < -0.3 is 41.2 Å². The molecule has 0 bridgehead atoms. The lowest BCUT2D eigenvalue weighted by atomic mass is 9.86. The Morgan fingerprint density at radius 2 is 1.22 bits per heavy atom. The van der Waals surface area contributed by atoms with E-state index in [0.29, 0.717) is 17.7 Å². The van der Waals surface area contributed by atoms with E-state index in [0.717, 1.165) is 16.7 Å². The number of hydrogen-bond acceptors (Lipinski definition) is 10. The van der Waals surface area contributed by atoms with Crippen molar-refractivity contribution in [1.29, 1.82) is 0 Å². The van der Waals surface area contributed by atoms with Crippen molar-refractivity contribution in [2.45, 2.75) is 96.6 Å². The zero-order chi connectivity index (χ0) is 42.9. The van der Waals surface area contributed by atoms with Crippen LogP contribution < -0.4 is 26.6 Å². The number of alkyl carbamates (subject to hydrolysis) is 1. The highest BCUT2D eigenvalue weighted by atomic mass is 32.2. The molecule has 0 heterocycles. The molecule has 3 rings (SSSR count). The number of esters is 1. The number of hydrogen-bond donors (Lipinski definition) is 6. The van der Waals surface area contributed by atoms with E-state index in [-0.39, 0.29) is 30.6 Å². The number of aromatic hydroxyl groups is 1. The Morgan fingerprint density at radius 3 is 1.79 bits per heavy atom. The zero-order valence-corrected chi connectivity index (χ0v) is 35.1. The minimum Gasteiger partial charge on any atom is -0.508 e. The number of nitrogens with one attached hydrogen (secondary N) is 5. The first kappa shape index (κ1) is 46.8. The van der Waals surface area contributed by atoms with Gasteiger partial charge in [-0.25, -0.2) is 9.59 Å². The van der Waals surface area contributed by atoms with Gasteiger partial charge in [-0.3, -0.25) is 19.2 Å². The van der Waals surface area contributed by atoms with E-state index < -0.39 is 72.5 Å². The molecule has 0 aliphatic heterocycles. The number of phenolic OH excluding ortho intramolecular Hbond substituents is 1. The summed E-state index contributed by atoms with van der Waals surface area (Å²) in [5.41, 5.74) is 2.33. The molecule has 0 radical (unpaired) electrons. The first-order valence-corrected chi connectivity index (χ1v) is 20.4. The summed E-state index contributed by atoms with van der Waals surface area (Å²) in [7, 11) is 0. The number of benzene rings is 3. The molecule has 3 atom stereocenters. The fourth-order valence-corrected chi connectivity index (χ4v) is 5.95. The van der Waals surface area contributed by atoms with E-state index in [1.54, 1.807) is 32.9 Å². The van der Waals surface area contributed by atoms with Gasteiger partial charge in [-0.2, -0.15) is 11.8 Å². The second kappa shape index (κ2) is 22.4. The molecule has 0 spiro atoms. The average Bonchev–Trinajstić information content (AvgIpc) is 3.16. The summed E-state index contributed by atoms with van der Waals surface area (Å²) in [5.74, 6) is -2.70. The summed E-state index contributed by atoms with van der Waals surface area (Å²) in [6.45, 7) is 10.3. The number of rotatable bonds is 19. The Kier molecular flexibility index (Phi) is 18.1. The third-order valence-electron chi connectivity index (χ3n) is 8.60. The molecule has 0 aliphatic rings. The molecule has 5 amide bonds. The lowest BCUT2D eigenvalue weighted by Crippen LogP contribution is -2.54. The Bertz CT molecular complexity index is 1830. The van der Waals surface area contributed by atoms with Crippen LogP contribution in [0.15, 0.2) is 78.9 Å². The van der Waals surface area contributed by atoms with Gasteiger partial charge in [0.25, 0.3) is 0 Å². The summed E-state index contributed by atoms with van der Waals surface area (Å²) >= 11 is 1.51. The molecule has 3 aromatic carbocycles. The molecule has 314 valence electrons. The van der Waals surface area contributed by atoms with Crippen molar-refractivity contribution in [2.75, 3.05) is 25.1 Å². The second-order valence-corrected chi connectivity index (χ2v) is 16.8. The second-order valence-electron chi connectivity index (χ2n) is 15.8. The van der Waals surface area contributed by atoms with Crippen LogP contribution in [0.25, 0.3) is 0 Å². The highest BCUT2D eigenvalue weighted by Crippen LogP contribution is 2.22. The molecular weight excluding hydrogens is 763 g/mol. The fraction of sp³-hybridized carbons (Fsp3) is 0.442. The van der Waals surface area contributed by atoms with Crippen molar-refractivity contribution >= 4 is 47.5 Å². The minimum atomic E-state index is -1.14. The predicted octanol–water partition coefficient (Wildman–Crippen LogP) is 4.07. The maximum atomic E-state index is 13.8. The van der Waals surface area contributed by atoms with Crippen LogP contribution in [0.2, 0.25) is 0 Å². The van der Waals surface area contributed by atoms with Crippen molar-refractivity contribution in [3.63, 3.8) is 0 Å². The van der Waals surface area contributed by atoms with Crippen LogP contribution in [-0.2, 0) is 58.3 Å². The molecule has 14 nitrogen and oxygen atoms in total. The molecule has 0 saturated heterocycles. The van der Waals surface area contributed by atoms with E-state index in [1.165, 1.54) is 23.9 Å². The molecule has 0 unspecified atom stereocenters. The lowest BCUT2D eigenvalue weighted by molar-refractivity contribution is -0.149. The number of carbonyl (C=O) groups is 6. The Balaban J connectivity index is 1.67. The number of carbonyl (C=O) groups excluding carboxylic acids is 6. The van der Waals surface area contributed by atoms with Crippen LogP contribution in [0.3, 0.4) is 0 Å². The lowest BCUT2D eigenvalue weighted by Gasteiger charge is -2.24. The van der Waals surface area contributed by atoms with Crippen LogP contribution in [-0.4, -0.2) is 89.6 Å². The van der Waals surface area contributed by atoms with Crippen molar-refractivity contribution in [2.24, 2.45) is 0 Å². The molecule has 58 heavy (non-hydrogen) atoms. The third-order valence-corrected chi connectivity index (χ3v) is 9.24. The van der Waals surface area contributed by atoms with Gasteiger partial charge >= 0.3 is 12.1 Å². The van der Waals surface area contributed by atoms with Crippen LogP contribution in [0.5, 0.6) is 5.75 Å². The molecule has 6 N–H and O–H groups in total. The normalized spacial score (nSPS) is 12.9. The predicted molar refractivity (Wildman–Crippen MR) is 223 cm³/mol. The first-order valence-electron chi connectivity index (χ1n) is 19.0. The molecule has 0 fully saturated rings. The van der Waals surface area contributed by atoms with E-state index in [2.05, 4.69) is 47.4 Å². The Morgan fingerprint density at radius 1 is 0.655 bits per heavy atom. The van der Waals surface area contributed by atoms with Crippen molar-refractivity contribution in [1.82, 2.24) is 26.6 Å². The van der Waals surface area contributed by atoms with Gasteiger partial charge in [-0.05, 0) is 79.0 Å². The summed E-state index contributed by atoms with van der Waals surface area (Å²) in [6, 6.07) is 19.7.